The van der Waals surface area contributed by atoms with Gasteiger partial charge in [-0.3, -0.25) is 14.4 Å². The van der Waals surface area contributed by atoms with Gasteiger partial charge in [-0.05, 0) is 6.92 Å². The summed E-state index contributed by atoms with van der Waals surface area (Å²) in [4.78, 5) is 7.74. The van der Waals surface area contributed by atoms with E-state index < -0.39 is 0 Å². The van der Waals surface area contributed by atoms with E-state index in [0.29, 0.717) is 7.18 Å². The largest absolute Gasteiger partial charge is 0.261 e. The number of halogens is 1. The Kier molecular flexibility index (Phi) is 4.59. The average molecular weight is 128 g/mol. The molecular weight excluding hydrogens is 119 g/mol. The third-order valence-electron chi connectivity index (χ3n) is 0.692. The zero-order chi connectivity index (χ0) is 7.11. The van der Waals surface area contributed by atoms with Gasteiger partial charge in [0.05, 0.1) is 12.9 Å². The SMILES string of the molecule is CF.Cc1cnccn1. The van der Waals surface area contributed by atoms with E-state index >= 15 is 0 Å². The molecule has 0 fully saturated rings. The molecule has 0 saturated heterocycles. The fraction of sp³-hybridized carbons (Fsp3) is 0.333. The number of aryl methyl sites for hydroxylation is 1. The molecule has 1 heterocycles. The van der Waals surface area contributed by atoms with E-state index in [1.54, 1.807) is 18.6 Å². The van der Waals surface area contributed by atoms with Gasteiger partial charge in [-0.15, -0.1) is 0 Å². The maximum Gasteiger partial charge on any atom is 0.0785 e. The second-order valence-corrected chi connectivity index (χ2v) is 1.35. The highest BCUT2D eigenvalue weighted by Gasteiger charge is 1.74. The molecule has 0 aliphatic carbocycles. The van der Waals surface area contributed by atoms with Crippen molar-refractivity contribution >= 4 is 0 Å². The Balaban J connectivity index is 0.000000291. The summed E-state index contributed by atoms with van der Waals surface area (Å²) < 4.78 is 9.50. The van der Waals surface area contributed by atoms with Crippen LogP contribution in [-0.4, -0.2) is 17.1 Å². The Morgan fingerprint density at radius 1 is 1.33 bits per heavy atom. The number of hydrogen-bond acceptors (Lipinski definition) is 2. The average Bonchev–Trinajstić information content (AvgIpc) is 1.94. The van der Waals surface area contributed by atoms with Gasteiger partial charge in [-0.25, -0.2) is 0 Å². The summed E-state index contributed by atoms with van der Waals surface area (Å²) in [7, 11) is 0.500. The first-order valence-corrected chi connectivity index (χ1v) is 2.50. The predicted molar refractivity (Wildman–Crippen MR) is 33.8 cm³/mol. The van der Waals surface area contributed by atoms with Crippen LogP contribution in [0.1, 0.15) is 5.69 Å². The number of nitrogens with zero attached hydrogens (tertiary/aromatic N) is 2. The molecule has 1 aromatic rings. The van der Waals surface area contributed by atoms with Crippen molar-refractivity contribution in [2.75, 3.05) is 7.18 Å². The summed E-state index contributed by atoms with van der Waals surface area (Å²) in [5, 5.41) is 0. The Morgan fingerprint density at radius 3 is 2.22 bits per heavy atom. The third kappa shape index (κ3) is 3.58. The zero-order valence-corrected chi connectivity index (χ0v) is 5.50. The van der Waals surface area contributed by atoms with Crippen molar-refractivity contribution in [1.82, 2.24) is 9.97 Å². The van der Waals surface area contributed by atoms with Crippen LogP contribution in [0.3, 0.4) is 0 Å². The lowest BCUT2D eigenvalue weighted by molar-refractivity contribution is 0.636. The molecule has 50 valence electrons. The molecule has 0 spiro atoms. The predicted octanol–water partition coefficient (Wildman–Crippen LogP) is 1.37. The van der Waals surface area contributed by atoms with E-state index in [1.807, 2.05) is 6.92 Å². The van der Waals surface area contributed by atoms with E-state index in [2.05, 4.69) is 9.97 Å². The summed E-state index contributed by atoms with van der Waals surface area (Å²) in [5.41, 5.74) is 0.961. The van der Waals surface area contributed by atoms with Crippen molar-refractivity contribution in [3.63, 3.8) is 0 Å². The molecule has 0 aromatic carbocycles. The van der Waals surface area contributed by atoms with Gasteiger partial charge in [0, 0.05) is 18.6 Å². The smallest absolute Gasteiger partial charge is 0.0785 e. The minimum absolute atomic E-state index is 0.500. The fourth-order valence-electron chi connectivity index (χ4n) is 0.374. The topological polar surface area (TPSA) is 25.8 Å². The first kappa shape index (κ1) is 8.01. The summed E-state index contributed by atoms with van der Waals surface area (Å²) in [6.45, 7) is 1.91. The number of aromatic nitrogens is 2. The number of alkyl halides is 1. The van der Waals surface area contributed by atoms with Gasteiger partial charge >= 0.3 is 0 Å². The van der Waals surface area contributed by atoms with E-state index in [9.17, 15) is 4.39 Å². The second-order valence-electron chi connectivity index (χ2n) is 1.35. The van der Waals surface area contributed by atoms with Gasteiger partial charge in [-0.2, -0.15) is 0 Å². The highest BCUT2D eigenvalue weighted by molar-refractivity contribution is 4.88. The lowest BCUT2D eigenvalue weighted by Gasteiger charge is -1.81. The molecule has 0 N–H and O–H groups in total. The molecule has 0 amide bonds. The van der Waals surface area contributed by atoms with E-state index in [0.717, 1.165) is 5.69 Å². The molecule has 0 saturated carbocycles. The zero-order valence-electron chi connectivity index (χ0n) is 5.50. The van der Waals surface area contributed by atoms with Gasteiger partial charge in [0.2, 0.25) is 0 Å². The Labute approximate surface area is 53.8 Å². The summed E-state index contributed by atoms with van der Waals surface area (Å²) in [6.07, 6.45) is 5.06. The van der Waals surface area contributed by atoms with Crippen LogP contribution in [0.4, 0.5) is 4.39 Å². The lowest BCUT2D eigenvalue weighted by atomic mass is 10.5. The van der Waals surface area contributed by atoms with Crippen LogP contribution in [0, 0.1) is 6.92 Å². The monoisotopic (exact) mass is 128 g/mol. The van der Waals surface area contributed by atoms with Crippen molar-refractivity contribution in [3.8, 4) is 0 Å². The molecule has 1 rings (SSSR count). The number of rotatable bonds is 0. The van der Waals surface area contributed by atoms with Crippen LogP contribution in [0.25, 0.3) is 0 Å². The van der Waals surface area contributed by atoms with E-state index in [-0.39, 0.29) is 0 Å². The quantitative estimate of drug-likeness (QED) is 0.527. The summed E-state index contributed by atoms with van der Waals surface area (Å²) in [5.74, 6) is 0. The van der Waals surface area contributed by atoms with Gasteiger partial charge < -0.3 is 0 Å². The van der Waals surface area contributed by atoms with Crippen molar-refractivity contribution < 1.29 is 4.39 Å². The van der Waals surface area contributed by atoms with Crippen LogP contribution >= 0.6 is 0 Å². The first-order valence-electron chi connectivity index (χ1n) is 2.50. The summed E-state index contributed by atoms with van der Waals surface area (Å²) in [6, 6.07) is 0. The Morgan fingerprint density at radius 2 is 2.00 bits per heavy atom. The molecule has 0 radical (unpaired) electrons. The highest BCUT2D eigenvalue weighted by Crippen LogP contribution is 1.81. The molecule has 0 atom stereocenters. The van der Waals surface area contributed by atoms with Crippen molar-refractivity contribution in [1.29, 1.82) is 0 Å². The van der Waals surface area contributed by atoms with E-state index in [4.69, 9.17) is 0 Å². The molecule has 1 aromatic heterocycles. The standard InChI is InChI=1S/C5H6N2.CH3F/c1-5-4-6-2-3-7-5;1-2/h2-4H,1H3;1H3. The van der Waals surface area contributed by atoms with Crippen LogP contribution in [0.15, 0.2) is 18.6 Å². The maximum absolute atomic E-state index is 9.50. The van der Waals surface area contributed by atoms with Crippen LogP contribution < -0.4 is 0 Å². The van der Waals surface area contributed by atoms with E-state index in [1.165, 1.54) is 0 Å². The second kappa shape index (κ2) is 5.15. The minimum atomic E-state index is 0.500. The lowest BCUT2D eigenvalue weighted by Crippen LogP contribution is -1.77. The van der Waals surface area contributed by atoms with Crippen molar-refractivity contribution in [2.24, 2.45) is 0 Å². The molecular formula is C6H9FN2. The van der Waals surface area contributed by atoms with Crippen molar-refractivity contribution in [2.45, 2.75) is 6.92 Å². The molecule has 0 aliphatic rings. The first-order chi connectivity index (χ1) is 4.39. The minimum Gasteiger partial charge on any atom is -0.261 e. The van der Waals surface area contributed by atoms with Gasteiger partial charge in [0.1, 0.15) is 0 Å². The summed E-state index contributed by atoms with van der Waals surface area (Å²) >= 11 is 0. The molecule has 0 unspecified atom stereocenters. The normalized spacial score (nSPS) is 7.44. The Hall–Kier alpha value is -0.990. The highest BCUT2D eigenvalue weighted by atomic mass is 19.1. The fourth-order valence-corrected chi connectivity index (χ4v) is 0.374. The number of hydrogen-bond donors (Lipinski definition) is 0. The Bertz CT molecular complexity index is 141. The van der Waals surface area contributed by atoms with Crippen LogP contribution in [0.2, 0.25) is 0 Å². The van der Waals surface area contributed by atoms with Crippen molar-refractivity contribution in [3.05, 3.63) is 24.3 Å². The molecule has 3 heteroatoms. The molecule has 0 bridgehead atoms. The molecule has 0 aliphatic heterocycles. The molecule has 2 nitrogen and oxygen atoms in total. The third-order valence-corrected chi connectivity index (χ3v) is 0.692. The van der Waals surface area contributed by atoms with Crippen LogP contribution in [-0.2, 0) is 0 Å². The molecule has 9 heavy (non-hydrogen) atoms. The van der Waals surface area contributed by atoms with Gasteiger partial charge in [-0.1, -0.05) is 0 Å². The van der Waals surface area contributed by atoms with Crippen LogP contribution in [0.5, 0.6) is 0 Å². The van der Waals surface area contributed by atoms with Gasteiger partial charge in [0.25, 0.3) is 0 Å². The van der Waals surface area contributed by atoms with Gasteiger partial charge in [0.15, 0.2) is 0 Å². The maximum atomic E-state index is 9.50.